The summed E-state index contributed by atoms with van der Waals surface area (Å²) in [6.07, 6.45) is -2.48. The van der Waals surface area contributed by atoms with Gasteiger partial charge in [-0.15, -0.1) is 0 Å². The molecule has 8 heteroatoms. The topological polar surface area (TPSA) is 74.6 Å². The highest BCUT2D eigenvalue weighted by molar-refractivity contribution is 6.30. The van der Waals surface area contributed by atoms with Gasteiger partial charge < -0.3 is 10.2 Å². The van der Waals surface area contributed by atoms with Crippen LogP contribution < -0.4 is 0 Å². The Morgan fingerprint density at radius 1 is 1.00 bits per heavy atom. The van der Waals surface area contributed by atoms with Crippen molar-refractivity contribution in [2.75, 3.05) is 0 Å². The summed E-state index contributed by atoms with van der Waals surface area (Å²) in [6.45, 7) is 5.39. The highest BCUT2D eigenvalue weighted by atomic mass is 35.5. The smallest absolute Gasteiger partial charge is 0.416 e. The lowest BCUT2D eigenvalue weighted by Gasteiger charge is -2.15. The molecule has 182 valence electrons. The van der Waals surface area contributed by atoms with Crippen molar-refractivity contribution >= 4 is 23.2 Å². The first-order valence-corrected chi connectivity index (χ1v) is 11.6. The number of benzene rings is 1. The van der Waals surface area contributed by atoms with Crippen LogP contribution in [0.4, 0.5) is 13.2 Å². The number of ketones is 2. The predicted molar refractivity (Wildman–Crippen MR) is 121 cm³/mol. The van der Waals surface area contributed by atoms with Crippen molar-refractivity contribution in [2.24, 2.45) is 5.92 Å². The molecule has 0 radical (unpaired) electrons. The van der Waals surface area contributed by atoms with E-state index in [9.17, 15) is 33.0 Å². The summed E-state index contributed by atoms with van der Waals surface area (Å²) in [5.41, 5.74) is -1.18. The Hall–Kier alpha value is -2.28. The maximum absolute atomic E-state index is 13.5. The Morgan fingerprint density at radius 3 is 2.12 bits per heavy atom. The molecule has 1 aliphatic rings. The normalized spacial score (nSPS) is 19.6. The summed E-state index contributed by atoms with van der Waals surface area (Å²) in [5, 5.41) is 21.9. The van der Waals surface area contributed by atoms with E-state index in [0.29, 0.717) is 19.3 Å². The van der Waals surface area contributed by atoms with Gasteiger partial charge in [0.05, 0.1) is 11.1 Å². The second-order valence-electron chi connectivity index (χ2n) is 8.36. The summed E-state index contributed by atoms with van der Waals surface area (Å²) in [6, 6.07) is 3.47. The summed E-state index contributed by atoms with van der Waals surface area (Å²) in [5.74, 6) is -3.31. The minimum Gasteiger partial charge on any atom is -0.511 e. The molecule has 2 atom stereocenters. The van der Waals surface area contributed by atoms with Crippen LogP contribution in [-0.4, -0.2) is 21.8 Å². The fraction of sp³-hybridized carbons (Fsp3) is 0.520. The van der Waals surface area contributed by atoms with Crippen LogP contribution in [0, 0.1) is 5.92 Å². The van der Waals surface area contributed by atoms with E-state index in [4.69, 9.17) is 11.6 Å². The number of carbonyl (C=O) groups excluding carboxylic acids is 2. The minimum absolute atomic E-state index is 0.0231. The van der Waals surface area contributed by atoms with Crippen molar-refractivity contribution in [3.8, 4) is 0 Å². The molecule has 2 rings (SSSR count). The van der Waals surface area contributed by atoms with Gasteiger partial charge in [-0.05, 0) is 49.3 Å². The highest BCUT2D eigenvalue weighted by Crippen LogP contribution is 2.55. The summed E-state index contributed by atoms with van der Waals surface area (Å²) >= 11 is 5.76. The molecule has 4 nitrogen and oxygen atoms in total. The van der Waals surface area contributed by atoms with Gasteiger partial charge in [-0.1, -0.05) is 44.9 Å². The van der Waals surface area contributed by atoms with Gasteiger partial charge in [-0.3, -0.25) is 9.59 Å². The number of aliphatic hydroxyl groups excluding tert-OH is 2. The standard InChI is InChI=1S/C25H30ClF3O4/c1-4-7-16(20(30)8-5-2)23(32)22(21(31)9-6-3)24(33)18-13-17(18)15-11-10-14(26)12-19(15)25(27,28)29/h10-12,17-18,32-33H,4-9,13H2,1-3H3. The van der Waals surface area contributed by atoms with Gasteiger partial charge in [-0.2, -0.15) is 13.2 Å². The average molecular weight is 487 g/mol. The molecule has 1 aromatic rings. The third-order valence-corrected chi connectivity index (χ3v) is 5.95. The number of alkyl halides is 3. The van der Waals surface area contributed by atoms with Gasteiger partial charge in [-0.25, -0.2) is 0 Å². The summed E-state index contributed by atoms with van der Waals surface area (Å²) < 4.78 is 40.6. The van der Waals surface area contributed by atoms with Crippen molar-refractivity contribution < 1.29 is 33.0 Å². The molecule has 1 aliphatic carbocycles. The molecule has 0 amide bonds. The second-order valence-corrected chi connectivity index (χ2v) is 8.80. The number of Topliss-reactive ketones (excluding diaryl/α,β-unsaturated/α-hetero) is 2. The van der Waals surface area contributed by atoms with E-state index in [1.165, 1.54) is 12.1 Å². The lowest BCUT2D eigenvalue weighted by atomic mass is 9.93. The van der Waals surface area contributed by atoms with Gasteiger partial charge in [0, 0.05) is 29.4 Å². The quantitative estimate of drug-likeness (QED) is 0.191. The van der Waals surface area contributed by atoms with Crippen LogP contribution in [0.2, 0.25) is 5.02 Å². The number of carbonyl (C=O) groups is 2. The average Bonchev–Trinajstić information content (AvgIpc) is 3.52. The molecule has 33 heavy (non-hydrogen) atoms. The molecule has 2 unspecified atom stereocenters. The monoisotopic (exact) mass is 486 g/mol. The van der Waals surface area contributed by atoms with Gasteiger partial charge in [0.15, 0.2) is 11.6 Å². The molecule has 0 aliphatic heterocycles. The van der Waals surface area contributed by atoms with E-state index in [1.807, 2.05) is 13.8 Å². The maximum Gasteiger partial charge on any atom is 0.416 e. The number of rotatable bonds is 11. The van der Waals surface area contributed by atoms with Crippen molar-refractivity contribution in [3.63, 3.8) is 0 Å². The predicted octanol–water partition coefficient (Wildman–Crippen LogP) is 7.63. The van der Waals surface area contributed by atoms with Gasteiger partial charge in [0.25, 0.3) is 0 Å². The summed E-state index contributed by atoms with van der Waals surface area (Å²) in [4.78, 5) is 25.4. The Labute approximate surface area is 197 Å². The summed E-state index contributed by atoms with van der Waals surface area (Å²) in [7, 11) is 0. The number of halogens is 4. The van der Waals surface area contributed by atoms with E-state index in [0.717, 1.165) is 6.07 Å². The second kappa shape index (κ2) is 11.2. The molecule has 1 fully saturated rings. The first-order valence-electron chi connectivity index (χ1n) is 11.3. The van der Waals surface area contributed by atoms with Crippen LogP contribution in [0.25, 0.3) is 0 Å². The van der Waals surface area contributed by atoms with Gasteiger partial charge in [0.2, 0.25) is 0 Å². The largest absolute Gasteiger partial charge is 0.511 e. The Balaban J connectivity index is 2.57. The van der Waals surface area contributed by atoms with Crippen LogP contribution in [0.5, 0.6) is 0 Å². The van der Waals surface area contributed by atoms with Crippen LogP contribution in [0.3, 0.4) is 0 Å². The molecule has 0 heterocycles. The van der Waals surface area contributed by atoms with E-state index >= 15 is 0 Å². The molecule has 1 aromatic carbocycles. The van der Waals surface area contributed by atoms with Crippen LogP contribution in [0.15, 0.2) is 40.9 Å². The third kappa shape index (κ3) is 6.40. The van der Waals surface area contributed by atoms with E-state index < -0.39 is 40.9 Å². The fourth-order valence-electron chi connectivity index (χ4n) is 4.04. The van der Waals surface area contributed by atoms with Crippen molar-refractivity contribution in [1.29, 1.82) is 0 Å². The molecule has 1 saturated carbocycles. The van der Waals surface area contributed by atoms with Crippen LogP contribution in [-0.2, 0) is 15.8 Å². The highest BCUT2D eigenvalue weighted by Gasteiger charge is 2.48. The molecular formula is C25H30ClF3O4. The van der Waals surface area contributed by atoms with Crippen LogP contribution in [0.1, 0.15) is 82.8 Å². The van der Waals surface area contributed by atoms with Gasteiger partial charge in [0.1, 0.15) is 11.5 Å². The molecule has 0 bridgehead atoms. The lowest BCUT2D eigenvalue weighted by Crippen LogP contribution is -2.15. The SMILES string of the molecule is CCCC(=O)C(CCC)=C(O)C(C(=O)CCC)=C(O)C1CC1c1ccc(Cl)cc1C(F)(F)F. The van der Waals surface area contributed by atoms with E-state index in [-0.39, 0.29) is 53.2 Å². The zero-order valence-corrected chi connectivity index (χ0v) is 19.8. The van der Waals surface area contributed by atoms with Crippen molar-refractivity contribution in [1.82, 2.24) is 0 Å². The first-order chi connectivity index (χ1) is 15.5. The Kier molecular flexibility index (Phi) is 9.18. The first kappa shape index (κ1) is 27.0. The van der Waals surface area contributed by atoms with Crippen molar-refractivity contribution in [3.05, 3.63) is 57.0 Å². The van der Waals surface area contributed by atoms with E-state index in [1.54, 1.807) is 6.92 Å². The third-order valence-electron chi connectivity index (χ3n) is 5.71. The Morgan fingerprint density at radius 2 is 1.58 bits per heavy atom. The molecule has 0 aromatic heterocycles. The molecule has 0 saturated heterocycles. The number of hydrogen-bond acceptors (Lipinski definition) is 4. The zero-order chi connectivity index (χ0) is 24.9. The number of hydrogen-bond donors (Lipinski definition) is 2. The fourth-order valence-corrected chi connectivity index (χ4v) is 4.21. The molecule has 2 N–H and O–H groups in total. The molecular weight excluding hydrogens is 457 g/mol. The number of allylic oxidation sites excluding steroid dienone is 3. The Bertz CT molecular complexity index is 963. The minimum atomic E-state index is -4.63. The number of aliphatic hydroxyl groups is 2. The van der Waals surface area contributed by atoms with E-state index in [2.05, 4.69) is 0 Å². The van der Waals surface area contributed by atoms with Crippen LogP contribution >= 0.6 is 11.6 Å². The van der Waals surface area contributed by atoms with Gasteiger partial charge >= 0.3 is 6.18 Å². The molecule has 0 spiro atoms. The maximum atomic E-state index is 13.5. The zero-order valence-electron chi connectivity index (χ0n) is 19.1. The lowest BCUT2D eigenvalue weighted by molar-refractivity contribution is -0.138. The van der Waals surface area contributed by atoms with Crippen molar-refractivity contribution in [2.45, 2.75) is 77.8 Å².